The van der Waals surface area contributed by atoms with Gasteiger partial charge in [0.1, 0.15) is 0 Å². The van der Waals surface area contributed by atoms with Gasteiger partial charge in [-0.2, -0.15) is 16.1 Å². The topological polar surface area (TPSA) is 38.9 Å². The van der Waals surface area contributed by atoms with E-state index in [1.165, 1.54) is 11.5 Å². The minimum Gasteiger partial charge on any atom is -0.322 e. The van der Waals surface area contributed by atoms with Crippen molar-refractivity contribution < 1.29 is 0 Å². The largest absolute Gasteiger partial charge is 0.322 e. The molecule has 0 saturated carbocycles. The van der Waals surface area contributed by atoms with Crippen LogP contribution < -0.4 is 5.73 Å². The van der Waals surface area contributed by atoms with Gasteiger partial charge in [0.15, 0.2) is 0 Å². The standard InChI is InChI=1S/C7H12N2S2/c1-2-10-5-6(8)7-3-4-11-9-7/h3-4,6H,2,5,8H2,1H3. The molecule has 0 fully saturated rings. The van der Waals surface area contributed by atoms with Gasteiger partial charge in [0.25, 0.3) is 0 Å². The second-order valence-corrected chi connectivity index (χ2v) is 4.17. The summed E-state index contributed by atoms with van der Waals surface area (Å²) in [7, 11) is 0. The van der Waals surface area contributed by atoms with Gasteiger partial charge in [-0.25, -0.2) is 0 Å². The third kappa shape index (κ3) is 2.81. The molecule has 11 heavy (non-hydrogen) atoms. The summed E-state index contributed by atoms with van der Waals surface area (Å²) in [5, 5.41) is 1.96. The Hall–Kier alpha value is -0.0600. The van der Waals surface area contributed by atoms with Crippen molar-refractivity contribution in [3.05, 3.63) is 17.1 Å². The van der Waals surface area contributed by atoms with Gasteiger partial charge in [-0.15, -0.1) is 0 Å². The zero-order valence-electron chi connectivity index (χ0n) is 6.49. The van der Waals surface area contributed by atoms with E-state index >= 15 is 0 Å². The molecule has 0 amide bonds. The highest BCUT2D eigenvalue weighted by Gasteiger charge is 2.06. The fourth-order valence-electron chi connectivity index (χ4n) is 0.743. The highest BCUT2D eigenvalue weighted by Crippen LogP contribution is 2.14. The Morgan fingerprint density at radius 3 is 3.18 bits per heavy atom. The molecule has 4 heteroatoms. The van der Waals surface area contributed by atoms with Gasteiger partial charge >= 0.3 is 0 Å². The first-order chi connectivity index (χ1) is 5.34. The van der Waals surface area contributed by atoms with Crippen molar-refractivity contribution >= 4 is 23.3 Å². The predicted octanol–water partition coefficient (Wildman–Crippen LogP) is 1.90. The van der Waals surface area contributed by atoms with Crippen LogP contribution in [0.5, 0.6) is 0 Å². The number of thioether (sulfide) groups is 1. The van der Waals surface area contributed by atoms with Crippen molar-refractivity contribution in [2.75, 3.05) is 11.5 Å². The first-order valence-corrected chi connectivity index (χ1v) is 5.57. The van der Waals surface area contributed by atoms with Crippen molar-refractivity contribution in [1.29, 1.82) is 0 Å². The van der Waals surface area contributed by atoms with Crippen molar-refractivity contribution in [3.63, 3.8) is 0 Å². The van der Waals surface area contributed by atoms with Crippen LogP contribution in [0, 0.1) is 0 Å². The number of aromatic nitrogens is 1. The first-order valence-electron chi connectivity index (χ1n) is 3.58. The monoisotopic (exact) mass is 188 g/mol. The smallest absolute Gasteiger partial charge is 0.0717 e. The zero-order valence-corrected chi connectivity index (χ0v) is 8.12. The molecular formula is C7H12N2S2. The fraction of sp³-hybridized carbons (Fsp3) is 0.571. The lowest BCUT2D eigenvalue weighted by Crippen LogP contribution is -2.13. The van der Waals surface area contributed by atoms with E-state index < -0.39 is 0 Å². The zero-order chi connectivity index (χ0) is 8.10. The maximum Gasteiger partial charge on any atom is 0.0717 e. The van der Waals surface area contributed by atoms with Crippen molar-refractivity contribution in [2.45, 2.75) is 13.0 Å². The number of rotatable bonds is 4. The molecule has 0 aliphatic heterocycles. The van der Waals surface area contributed by atoms with Crippen LogP contribution in [0.25, 0.3) is 0 Å². The molecule has 1 aromatic heterocycles. The lowest BCUT2D eigenvalue weighted by molar-refractivity contribution is 0.808. The van der Waals surface area contributed by atoms with Gasteiger partial charge in [0, 0.05) is 11.1 Å². The Labute approximate surface area is 75.4 Å². The van der Waals surface area contributed by atoms with Crippen LogP contribution in [0.1, 0.15) is 18.7 Å². The van der Waals surface area contributed by atoms with Crippen molar-refractivity contribution in [3.8, 4) is 0 Å². The molecule has 2 nitrogen and oxygen atoms in total. The van der Waals surface area contributed by atoms with Crippen LogP contribution >= 0.6 is 23.3 Å². The number of nitrogens with two attached hydrogens (primary N) is 1. The van der Waals surface area contributed by atoms with Gasteiger partial charge in [0.05, 0.1) is 11.7 Å². The minimum absolute atomic E-state index is 0.117. The molecule has 1 heterocycles. The maximum atomic E-state index is 5.85. The molecule has 0 saturated heterocycles. The maximum absolute atomic E-state index is 5.85. The van der Waals surface area contributed by atoms with Gasteiger partial charge in [0.2, 0.25) is 0 Å². The van der Waals surface area contributed by atoms with Crippen LogP contribution in [0.15, 0.2) is 11.4 Å². The Balaban J connectivity index is 2.36. The summed E-state index contributed by atoms with van der Waals surface area (Å²) >= 11 is 3.32. The highest BCUT2D eigenvalue weighted by molar-refractivity contribution is 7.99. The summed E-state index contributed by atoms with van der Waals surface area (Å²) in [5.41, 5.74) is 6.87. The van der Waals surface area contributed by atoms with Gasteiger partial charge in [-0.05, 0) is 23.4 Å². The summed E-state index contributed by atoms with van der Waals surface area (Å²) in [4.78, 5) is 0. The van der Waals surface area contributed by atoms with Crippen molar-refractivity contribution in [2.24, 2.45) is 5.73 Å². The normalized spacial score (nSPS) is 13.3. The molecule has 1 atom stereocenters. The third-order valence-electron chi connectivity index (χ3n) is 1.34. The van der Waals surface area contributed by atoms with E-state index in [0.717, 1.165) is 17.2 Å². The Morgan fingerprint density at radius 2 is 2.64 bits per heavy atom. The van der Waals surface area contributed by atoms with Crippen LogP contribution in [-0.2, 0) is 0 Å². The molecule has 0 aromatic carbocycles. The van der Waals surface area contributed by atoms with Crippen LogP contribution in [0.2, 0.25) is 0 Å². The SMILES string of the molecule is CCSCC(N)c1ccsn1. The highest BCUT2D eigenvalue weighted by atomic mass is 32.2. The van der Waals surface area contributed by atoms with E-state index in [2.05, 4.69) is 11.3 Å². The summed E-state index contributed by atoms with van der Waals surface area (Å²) < 4.78 is 4.17. The Morgan fingerprint density at radius 1 is 1.82 bits per heavy atom. The molecule has 1 unspecified atom stereocenters. The molecule has 0 radical (unpaired) electrons. The molecule has 2 N–H and O–H groups in total. The van der Waals surface area contributed by atoms with E-state index in [1.807, 2.05) is 23.2 Å². The molecule has 1 aromatic rings. The molecular weight excluding hydrogens is 176 g/mol. The second-order valence-electron chi connectivity index (χ2n) is 2.19. The molecule has 0 aliphatic rings. The summed E-state index contributed by atoms with van der Waals surface area (Å²) in [6.45, 7) is 2.14. The Bertz CT molecular complexity index is 186. The van der Waals surface area contributed by atoms with Gasteiger partial charge in [-0.3, -0.25) is 0 Å². The number of hydrogen-bond donors (Lipinski definition) is 1. The summed E-state index contributed by atoms with van der Waals surface area (Å²) in [6, 6.07) is 2.11. The molecule has 0 bridgehead atoms. The summed E-state index contributed by atoms with van der Waals surface area (Å²) in [6.07, 6.45) is 0. The second kappa shape index (κ2) is 4.74. The van der Waals surface area contributed by atoms with E-state index in [0.29, 0.717) is 0 Å². The van der Waals surface area contributed by atoms with E-state index in [1.54, 1.807) is 0 Å². The van der Waals surface area contributed by atoms with Crippen LogP contribution in [0.3, 0.4) is 0 Å². The molecule has 62 valence electrons. The first kappa shape index (κ1) is 9.03. The van der Waals surface area contributed by atoms with E-state index in [4.69, 9.17) is 5.73 Å². The van der Waals surface area contributed by atoms with E-state index in [-0.39, 0.29) is 6.04 Å². The van der Waals surface area contributed by atoms with Crippen LogP contribution in [0.4, 0.5) is 0 Å². The predicted molar refractivity (Wildman–Crippen MR) is 52.0 cm³/mol. The van der Waals surface area contributed by atoms with Crippen molar-refractivity contribution in [1.82, 2.24) is 4.37 Å². The average molecular weight is 188 g/mol. The number of nitrogens with zero attached hydrogens (tertiary/aromatic N) is 1. The van der Waals surface area contributed by atoms with Crippen LogP contribution in [-0.4, -0.2) is 15.9 Å². The summed E-state index contributed by atoms with van der Waals surface area (Å²) in [5.74, 6) is 2.10. The van der Waals surface area contributed by atoms with Gasteiger partial charge in [-0.1, -0.05) is 6.92 Å². The molecule has 0 aliphatic carbocycles. The lowest BCUT2D eigenvalue weighted by Gasteiger charge is -2.05. The van der Waals surface area contributed by atoms with E-state index in [9.17, 15) is 0 Å². The molecule has 1 rings (SSSR count). The third-order valence-corrected chi connectivity index (χ3v) is 2.92. The van der Waals surface area contributed by atoms with Gasteiger partial charge < -0.3 is 5.73 Å². The number of hydrogen-bond acceptors (Lipinski definition) is 4. The Kier molecular flexibility index (Phi) is 3.90. The minimum atomic E-state index is 0.117. The molecule has 0 spiro atoms. The average Bonchev–Trinajstić information content (AvgIpc) is 2.52. The fourth-order valence-corrected chi connectivity index (χ4v) is 1.98. The lowest BCUT2D eigenvalue weighted by atomic mass is 10.3. The quantitative estimate of drug-likeness (QED) is 0.784.